The maximum absolute atomic E-state index is 9.11. The van der Waals surface area contributed by atoms with Crippen molar-refractivity contribution in [1.82, 2.24) is 14.9 Å². The number of nitrogens with one attached hydrogen (secondary N) is 1. The third-order valence-corrected chi connectivity index (χ3v) is 2.46. The quantitative estimate of drug-likeness (QED) is 0.724. The molecule has 4 heteroatoms. The van der Waals surface area contributed by atoms with Crippen molar-refractivity contribution in [3.63, 3.8) is 0 Å². The Morgan fingerprint density at radius 1 is 1.57 bits per heavy atom. The summed E-state index contributed by atoms with van der Waals surface area (Å²) in [7, 11) is 1.97. The molecule has 80 valence electrons. The summed E-state index contributed by atoms with van der Waals surface area (Å²) >= 11 is 0. The molecule has 0 fully saturated rings. The largest absolute Gasteiger partial charge is 0.395 e. The number of hydrogen-bond donors (Lipinski definition) is 2. The second-order valence-electron chi connectivity index (χ2n) is 3.91. The maximum Gasteiger partial charge on any atom is 0.0945 e. The molecule has 1 heterocycles. The van der Waals surface area contributed by atoms with Crippen LogP contribution in [0.1, 0.15) is 19.5 Å². The van der Waals surface area contributed by atoms with Gasteiger partial charge in [0.25, 0.3) is 0 Å². The van der Waals surface area contributed by atoms with Gasteiger partial charge in [0, 0.05) is 25.8 Å². The number of aryl methyl sites for hydroxylation is 1. The van der Waals surface area contributed by atoms with E-state index >= 15 is 0 Å². The van der Waals surface area contributed by atoms with Crippen LogP contribution in [-0.4, -0.2) is 27.3 Å². The SMILES string of the molecule is CC(C)[C@@H](CO)NCc1cncn1C. The minimum atomic E-state index is 0.157. The molecule has 2 N–H and O–H groups in total. The molecule has 0 saturated heterocycles. The third-order valence-electron chi connectivity index (χ3n) is 2.46. The van der Waals surface area contributed by atoms with Gasteiger partial charge >= 0.3 is 0 Å². The molecule has 14 heavy (non-hydrogen) atoms. The number of aromatic nitrogens is 2. The summed E-state index contributed by atoms with van der Waals surface area (Å²) in [4.78, 5) is 4.03. The van der Waals surface area contributed by atoms with E-state index in [1.807, 2.05) is 17.8 Å². The van der Waals surface area contributed by atoms with E-state index in [2.05, 4.69) is 24.1 Å². The molecular formula is C10H19N3O. The van der Waals surface area contributed by atoms with Gasteiger partial charge in [0.1, 0.15) is 0 Å². The van der Waals surface area contributed by atoms with Crippen molar-refractivity contribution in [2.75, 3.05) is 6.61 Å². The fourth-order valence-electron chi connectivity index (χ4n) is 1.30. The summed E-state index contributed by atoms with van der Waals surface area (Å²) in [5.41, 5.74) is 1.13. The zero-order chi connectivity index (χ0) is 10.6. The normalized spacial score (nSPS) is 13.5. The lowest BCUT2D eigenvalue weighted by Gasteiger charge is -2.19. The first-order valence-corrected chi connectivity index (χ1v) is 4.94. The number of imidazole rings is 1. The predicted molar refractivity (Wildman–Crippen MR) is 55.8 cm³/mol. The van der Waals surface area contributed by atoms with E-state index in [1.54, 1.807) is 6.33 Å². The Kier molecular flexibility index (Phi) is 4.10. The van der Waals surface area contributed by atoms with Gasteiger partial charge in [0.15, 0.2) is 0 Å². The van der Waals surface area contributed by atoms with Crippen LogP contribution in [0.5, 0.6) is 0 Å². The van der Waals surface area contributed by atoms with Crippen molar-refractivity contribution in [1.29, 1.82) is 0 Å². The number of aliphatic hydroxyl groups excluding tert-OH is 1. The molecule has 0 saturated carbocycles. The molecule has 0 amide bonds. The van der Waals surface area contributed by atoms with Crippen LogP contribution < -0.4 is 5.32 Å². The average molecular weight is 197 g/mol. The van der Waals surface area contributed by atoms with E-state index < -0.39 is 0 Å². The first kappa shape index (κ1) is 11.2. The summed E-state index contributed by atoms with van der Waals surface area (Å²) in [5, 5.41) is 12.4. The van der Waals surface area contributed by atoms with Crippen LogP contribution in [0.2, 0.25) is 0 Å². The van der Waals surface area contributed by atoms with Gasteiger partial charge in [-0.25, -0.2) is 4.98 Å². The molecule has 1 aromatic heterocycles. The van der Waals surface area contributed by atoms with Crippen LogP contribution in [0.25, 0.3) is 0 Å². The topological polar surface area (TPSA) is 50.1 Å². The lowest BCUT2D eigenvalue weighted by atomic mass is 10.1. The fourth-order valence-corrected chi connectivity index (χ4v) is 1.30. The Bertz CT molecular complexity index is 270. The molecule has 0 bridgehead atoms. The summed E-state index contributed by atoms with van der Waals surface area (Å²) in [6.45, 7) is 5.11. The van der Waals surface area contributed by atoms with Gasteiger partial charge in [-0.1, -0.05) is 13.8 Å². The highest BCUT2D eigenvalue weighted by Crippen LogP contribution is 2.02. The standard InChI is InChI=1S/C10H19N3O/c1-8(2)10(6-14)12-5-9-4-11-7-13(9)3/h4,7-8,10,12,14H,5-6H2,1-3H3/t10-/m1/s1. The zero-order valence-electron chi connectivity index (χ0n) is 9.07. The molecule has 0 aliphatic rings. The minimum Gasteiger partial charge on any atom is -0.395 e. The molecule has 0 aromatic carbocycles. The van der Waals surface area contributed by atoms with Crippen molar-refractivity contribution in [2.45, 2.75) is 26.4 Å². The monoisotopic (exact) mass is 197 g/mol. The second-order valence-corrected chi connectivity index (χ2v) is 3.91. The molecule has 1 aromatic rings. The Morgan fingerprint density at radius 2 is 2.29 bits per heavy atom. The smallest absolute Gasteiger partial charge is 0.0945 e. The van der Waals surface area contributed by atoms with Crippen molar-refractivity contribution in [3.8, 4) is 0 Å². The van der Waals surface area contributed by atoms with E-state index in [0.29, 0.717) is 5.92 Å². The van der Waals surface area contributed by atoms with E-state index in [4.69, 9.17) is 5.11 Å². The second kappa shape index (κ2) is 5.12. The predicted octanol–water partition coefficient (Wildman–Crippen LogP) is 0.527. The highest BCUT2D eigenvalue weighted by molar-refractivity contribution is 4.97. The summed E-state index contributed by atoms with van der Waals surface area (Å²) in [5.74, 6) is 0.438. The molecule has 0 unspecified atom stereocenters. The molecule has 1 atom stereocenters. The van der Waals surface area contributed by atoms with Crippen molar-refractivity contribution in [3.05, 3.63) is 18.2 Å². The number of aliphatic hydroxyl groups is 1. The van der Waals surface area contributed by atoms with Crippen molar-refractivity contribution in [2.24, 2.45) is 13.0 Å². The van der Waals surface area contributed by atoms with Gasteiger partial charge in [-0.3, -0.25) is 0 Å². The van der Waals surface area contributed by atoms with Gasteiger partial charge in [-0.2, -0.15) is 0 Å². The highest BCUT2D eigenvalue weighted by atomic mass is 16.3. The van der Waals surface area contributed by atoms with Crippen LogP contribution in [-0.2, 0) is 13.6 Å². The molecule has 0 spiro atoms. The van der Waals surface area contributed by atoms with Crippen molar-refractivity contribution < 1.29 is 5.11 Å². The molecule has 0 aliphatic heterocycles. The lowest BCUT2D eigenvalue weighted by molar-refractivity contribution is 0.209. The van der Waals surface area contributed by atoms with Crippen LogP contribution in [0.4, 0.5) is 0 Å². The van der Waals surface area contributed by atoms with E-state index in [1.165, 1.54) is 0 Å². The minimum absolute atomic E-state index is 0.157. The Labute approximate surface area is 85.0 Å². The van der Waals surface area contributed by atoms with E-state index in [9.17, 15) is 0 Å². The van der Waals surface area contributed by atoms with Crippen LogP contribution >= 0.6 is 0 Å². The summed E-state index contributed by atoms with van der Waals surface area (Å²) in [6, 6.07) is 0.157. The Balaban J connectivity index is 2.43. The first-order valence-electron chi connectivity index (χ1n) is 4.94. The molecule has 1 rings (SSSR count). The van der Waals surface area contributed by atoms with Crippen molar-refractivity contribution >= 4 is 0 Å². The van der Waals surface area contributed by atoms with E-state index in [0.717, 1.165) is 12.2 Å². The van der Waals surface area contributed by atoms with E-state index in [-0.39, 0.29) is 12.6 Å². The van der Waals surface area contributed by atoms with Gasteiger partial charge < -0.3 is 15.0 Å². The van der Waals surface area contributed by atoms with Gasteiger partial charge in [-0.05, 0) is 5.92 Å². The maximum atomic E-state index is 9.11. The third kappa shape index (κ3) is 2.82. The summed E-state index contributed by atoms with van der Waals surface area (Å²) < 4.78 is 1.97. The molecule has 4 nitrogen and oxygen atoms in total. The molecule has 0 radical (unpaired) electrons. The summed E-state index contributed by atoms with van der Waals surface area (Å²) in [6.07, 6.45) is 3.61. The van der Waals surface area contributed by atoms with Crippen LogP contribution in [0, 0.1) is 5.92 Å². The Hall–Kier alpha value is -0.870. The first-order chi connectivity index (χ1) is 6.65. The van der Waals surface area contributed by atoms with Crippen LogP contribution in [0.15, 0.2) is 12.5 Å². The highest BCUT2D eigenvalue weighted by Gasteiger charge is 2.11. The number of rotatable bonds is 5. The molecule has 0 aliphatic carbocycles. The zero-order valence-corrected chi connectivity index (χ0v) is 9.07. The molecular weight excluding hydrogens is 178 g/mol. The average Bonchev–Trinajstić information content (AvgIpc) is 2.52. The Morgan fingerprint density at radius 3 is 2.71 bits per heavy atom. The van der Waals surface area contributed by atoms with Gasteiger partial charge in [-0.15, -0.1) is 0 Å². The van der Waals surface area contributed by atoms with Crippen LogP contribution in [0.3, 0.4) is 0 Å². The van der Waals surface area contributed by atoms with Gasteiger partial charge in [0.2, 0.25) is 0 Å². The fraction of sp³-hybridized carbons (Fsp3) is 0.700. The number of nitrogens with zero attached hydrogens (tertiary/aromatic N) is 2. The lowest BCUT2D eigenvalue weighted by Crippen LogP contribution is -2.36. The number of hydrogen-bond acceptors (Lipinski definition) is 3. The van der Waals surface area contributed by atoms with Gasteiger partial charge in [0.05, 0.1) is 18.6 Å².